The van der Waals surface area contributed by atoms with E-state index in [0.29, 0.717) is 12.4 Å². The third-order valence-electron chi connectivity index (χ3n) is 2.59. The van der Waals surface area contributed by atoms with Crippen LogP contribution in [0.15, 0.2) is 5.38 Å². The highest BCUT2D eigenvalue weighted by atomic mass is 35.5. The Morgan fingerprint density at radius 3 is 3.00 bits per heavy atom. The molecule has 0 amide bonds. The summed E-state index contributed by atoms with van der Waals surface area (Å²) in [7, 11) is -2.86. The number of nitrogens with zero attached hydrogens (tertiary/aromatic N) is 2. The van der Waals surface area contributed by atoms with Crippen LogP contribution in [-0.2, 0) is 15.7 Å². The van der Waals surface area contributed by atoms with E-state index in [-0.39, 0.29) is 17.5 Å². The Labute approximate surface area is 104 Å². The Morgan fingerprint density at radius 2 is 2.44 bits per heavy atom. The number of aromatic nitrogens is 1. The van der Waals surface area contributed by atoms with Gasteiger partial charge in [-0.05, 0) is 6.92 Å². The molecule has 0 bridgehead atoms. The highest BCUT2D eigenvalue weighted by Crippen LogP contribution is 2.25. The smallest absolute Gasteiger partial charge is 0.185 e. The van der Waals surface area contributed by atoms with Crippen molar-refractivity contribution in [1.29, 1.82) is 0 Å². The standard InChI is InChI=1S/C9H13ClN2O2S2/c1-7-6-16(13,14)3-2-12(7)9-11-8(4-10)5-15-9/h5,7H,2-4,6H2,1H3. The van der Waals surface area contributed by atoms with Crippen LogP contribution in [0.2, 0.25) is 0 Å². The second kappa shape index (κ2) is 4.50. The van der Waals surface area contributed by atoms with Crippen LogP contribution in [0.4, 0.5) is 5.13 Å². The molecule has 0 aromatic carbocycles. The minimum atomic E-state index is -2.86. The number of hydrogen-bond acceptors (Lipinski definition) is 5. The Balaban J connectivity index is 2.17. The largest absolute Gasteiger partial charge is 0.343 e. The number of halogens is 1. The van der Waals surface area contributed by atoms with Gasteiger partial charge in [0.2, 0.25) is 0 Å². The van der Waals surface area contributed by atoms with Gasteiger partial charge in [-0.15, -0.1) is 22.9 Å². The second-order valence-corrected chi connectivity index (χ2v) is 7.24. The van der Waals surface area contributed by atoms with E-state index in [1.54, 1.807) is 0 Å². The molecule has 1 unspecified atom stereocenters. The van der Waals surface area contributed by atoms with E-state index in [9.17, 15) is 8.42 Å². The van der Waals surface area contributed by atoms with Gasteiger partial charge in [0.05, 0.1) is 23.1 Å². The fourth-order valence-electron chi connectivity index (χ4n) is 1.77. The summed E-state index contributed by atoms with van der Waals surface area (Å²) in [6, 6.07) is -0.00641. The summed E-state index contributed by atoms with van der Waals surface area (Å²) < 4.78 is 22.9. The molecule has 4 nitrogen and oxygen atoms in total. The van der Waals surface area contributed by atoms with Crippen LogP contribution in [0.5, 0.6) is 0 Å². The van der Waals surface area contributed by atoms with Crippen molar-refractivity contribution in [2.24, 2.45) is 0 Å². The topological polar surface area (TPSA) is 50.3 Å². The van der Waals surface area contributed by atoms with Crippen LogP contribution in [0.25, 0.3) is 0 Å². The van der Waals surface area contributed by atoms with Gasteiger partial charge in [-0.2, -0.15) is 0 Å². The number of anilines is 1. The predicted octanol–water partition coefficient (Wildman–Crippen LogP) is 1.51. The second-order valence-electron chi connectivity index (χ2n) is 3.91. The molecule has 1 fully saturated rings. The third kappa shape index (κ3) is 2.49. The van der Waals surface area contributed by atoms with Crippen molar-refractivity contribution in [2.75, 3.05) is 23.0 Å². The molecular weight excluding hydrogens is 268 g/mol. The zero-order valence-corrected chi connectivity index (χ0v) is 11.3. The van der Waals surface area contributed by atoms with E-state index in [2.05, 4.69) is 4.98 Å². The van der Waals surface area contributed by atoms with Crippen LogP contribution >= 0.6 is 22.9 Å². The summed E-state index contributed by atoms with van der Waals surface area (Å²) >= 11 is 7.21. The first-order valence-electron chi connectivity index (χ1n) is 4.99. The monoisotopic (exact) mass is 280 g/mol. The van der Waals surface area contributed by atoms with Gasteiger partial charge < -0.3 is 4.90 Å². The molecule has 0 saturated carbocycles. The highest BCUT2D eigenvalue weighted by molar-refractivity contribution is 7.91. The Kier molecular flexibility index (Phi) is 3.42. The lowest BCUT2D eigenvalue weighted by atomic mass is 10.3. The summed E-state index contributed by atoms with van der Waals surface area (Å²) in [5.74, 6) is 0.826. The van der Waals surface area contributed by atoms with E-state index in [1.807, 2.05) is 17.2 Å². The van der Waals surface area contributed by atoms with Crippen LogP contribution in [0.1, 0.15) is 12.6 Å². The maximum Gasteiger partial charge on any atom is 0.185 e. The average molecular weight is 281 g/mol. The van der Waals surface area contributed by atoms with Crippen molar-refractivity contribution < 1.29 is 8.42 Å². The predicted molar refractivity (Wildman–Crippen MR) is 67.1 cm³/mol. The average Bonchev–Trinajstić information content (AvgIpc) is 2.64. The van der Waals surface area contributed by atoms with Gasteiger partial charge in [0.1, 0.15) is 0 Å². The van der Waals surface area contributed by atoms with E-state index in [1.165, 1.54) is 11.3 Å². The maximum atomic E-state index is 11.4. The van der Waals surface area contributed by atoms with Gasteiger partial charge in [0, 0.05) is 18.0 Å². The molecule has 1 aromatic rings. The van der Waals surface area contributed by atoms with Crippen LogP contribution in [0, 0.1) is 0 Å². The number of hydrogen-bond donors (Lipinski definition) is 0. The lowest BCUT2D eigenvalue weighted by Crippen LogP contribution is -2.47. The molecule has 2 heterocycles. The SMILES string of the molecule is CC1CS(=O)(=O)CCN1c1nc(CCl)cs1. The van der Waals surface area contributed by atoms with Crippen molar-refractivity contribution >= 4 is 37.9 Å². The first-order chi connectivity index (χ1) is 7.52. The summed E-state index contributed by atoms with van der Waals surface area (Å²) in [6.45, 7) is 2.44. The maximum absolute atomic E-state index is 11.4. The molecule has 1 saturated heterocycles. The molecule has 1 aliphatic rings. The molecule has 7 heteroatoms. The summed E-state index contributed by atoms with van der Waals surface area (Å²) in [5, 5.41) is 2.79. The van der Waals surface area contributed by atoms with Gasteiger partial charge in [0.15, 0.2) is 15.0 Å². The molecule has 1 aromatic heterocycles. The number of rotatable bonds is 2. The molecule has 16 heavy (non-hydrogen) atoms. The molecule has 2 rings (SSSR count). The first kappa shape index (κ1) is 12.1. The zero-order chi connectivity index (χ0) is 11.8. The molecular formula is C9H13ClN2O2S2. The lowest BCUT2D eigenvalue weighted by molar-refractivity contribution is 0.568. The van der Waals surface area contributed by atoms with Crippen molar-refractivity contribution in [1.82, 2.24) is 4.98 Å². The molecule has 0 N–H and O–H groups in total. The van der Waals surface area contributed by atoms with Gasteiger partial charge in [-0.25, -0.2) is 13.4 Å². The molecule has 1 aliphatic heterocycles. The first-order valence-corrected chi connectivity index (χ1v) is 8.23. The normalized spacial score (nSPS) is 24.6. The van der Waals surface area contributed by atoms with Gasteiger partial charge in [0.25, 0.3) is 0 Å². The molecule has 90 valence electrons. The highest BCUT2D eigenvalue weighted by Gasteiger charge is 2.29. The summed E-state index contributed by atoms with van der Waals surface area (Å²) in [5.41, 5.74) is 0.849. The minimum absolute atomic E-state index is 0.00641. The molecule has 1 atom stereocenters. The van der Waals surface area contributed by atoms with Crippen molar-refractivity contribution in [2.45, 2.75) is 18.8 Å². The zero-order valence-electron chi connectivity index (χ0n) is 8.89. The fraction of sp³-hybridized carbons (Fsp3) is 0.667. The van der Waals surface area contributed by atoms with Gasteiger partial charge in [-0.3, -0.25) is 0 Å². The van der Waals surface area contributed by atoms with Crippen molar-refractivity contribution in [3.8, 4) is 0 Å². The number of alkyl halides is 1. The van der Waals surface area contributed by atoms with Crippen LogP contribution in [-0.4, -0.2) is 37.5 Å². The van der Waals surface area contributed by atoms with Crippen LogP contribution < -0.4 is 4.90 Å². The number of thiazole rings is 1. The lowest BCUT2D eigenvalue weighted by Gasteiger charge is -2.32. The van der Waals surface area contributed by atoms with E-state index < -0.39 is 9.84 Å². The minimum Gasteiger partial charge on any atom is -0.343 e. The van der Waals surface area contributed by atoms with Crippen molar-refractivity contribution in [3.63, 3.8) is 0 Å². The fourth-order valence-corrected chi connectivity index (χ4v) is 4.51. The molecule has 0 aliphatic carbocycles. The Morgan fingerprint density at radius 1 is 1.69 bits per heavy atom. The Hall–Kier alpha value is -0.330. The van der Waals surface area contributed by atoms with E-state index in [0.717, 1.165) is 10.8 Å². The van der Waals surface area contributed by atoms with Crippen molar-refractivity contribution in [3.05, 3.63) is 11.1 Å². The van der Waals surface area contributed by atoms with Gasteiger partial charge in [-0.1, -0.05) is 0 Å². The third-order valence-corrected chi connectivity index (χ3v) is 5.59. The Bertz CT molecular complexity index is 472. The summed E-state index contributed by atoms with van der Waals surface area (Å²) in [6.07, 6.45) is 0. The van der Waals surface area contributed by atoms with Gasteiger partial charge >= 0.3 is 0 Å². The van der Waals surface area contributed by atoms with E-state index in [4.69, 9.17) is 11.6 Å². The van der Waals surface area contributed by atoms with Crippen LogP contribution in [0.3, 0.4) is 0 Å². The number of sulfone groups is 1. The summed E-state index contributed by atoms with van der Waals surface area (Å²) in [4.78, 5) is 6.41. The molecule has 0 radical (unpaired) electrons. The van der Waals surface area contributed by atoms with E-state index >= 15 is 0 Å². The quantitative estimate of drug-likeness (QED) is 0.771. The molecule has 0 spiro atoms.